The number of anilines is 1. The summed E-state index contributed by atoms with van der Waals surface area (Å²) in [5.74, 6) is 0.710. The van der Waals surface area contributed by atoms with Gasteiger partial charge in [-0.25, -0.2) is 0 Å². The molecule has 0 radical (unpaired) electrons. The molecule has 0 atom stereocenters. The highest BCUT2D eigenvalue weighted by molar-refractivity contribution is 7.99. The van der Waals surface area contributed by atoms with Crippen LogP contribution >= 0.6 is 11.8 Å². The number of pyridine rings is 1. The van der Waals surface area contributed by atoms with Crippen molar-refractivity contribution in [2.24, 2.45) is 0 Å². The molecule has 0 unspecified atom stereocenters. The number of aryl methyl sites for hydroxylation is 1. The van der Waals surface area contributed by atoms with Gasteiger partial charge in [-0.15, -0.1) is 11.8 Å². The van der Waals surface area contributed by atoms with E-state index in [9.17, 15) is 18.5 Å². The highest BCUT2D eigenvalue weighted by atomic mass is 32.2. The molecule has 2 aliphatic rings. The lowest BCUT2D eigenvalue weighted by atomic mass is 9.74. The van der Waals surface area contributed by atoms with E-state index in [1.807, 2.05) is 37.3 Å². The Bertz CT molecular complexity index is 1290. The first kappa shape index (κ1) is 28.4. The molecule has 0 spiro atoms. The Balaban J connectivity index is 1.61. The van der Waals surface area contributed by atoms with Gasteiger partial charge < -0.3 is 9.80 Å². The maximum Gasteiger partial charge on any atom is 0.281 e. The van der Waals surface area contributed by atoms with E-state index in [1.54, 1.807) is 22.9 Å². The SMILES string of the molecule is CCSc1c(C)ncc(C(=O)N2CCN(S(=O)(=O)N(C)C)CC2)c1N1CCC(C#N)(c2ccccc2)CC1. The van der Waals surface area contributed by atoms with Crippen molar-refractivity contribution in [3.8, 4) is 6.07 Å². The third kappa shape index (κ3) is 5.41. The van der Waals surface area contributed by atoms with Gasteiger partial charge in [0, 0.05) is 59.6 Å². The summed E-state index contributed by atoms with van der Waals surface area (Å²) in [6.07, 6.45) is 3.00. The van der Waals surface area contributed by atoms with Gasteiger partial charge in [0.15, 0.2) is 0 Å². The average Bonchev–Trinajstić information content (AvgIpc) is 2.94. The summed E-state index contributed by atoms with van der Waals surface area (Å²) < 4.78 is 27.7. The van der Waals surface area contributed by atoms with Gasteiger partial charge in [-0.2, -0.15) is 22.3 Å². The molecule has 0 bridgehead atoms. The molecule has 0 saturated carbocycles. The minimum atomic E-state index is -3.52. The van der Waals surface area contributed by atoms with Crippen LogP contribution in [0.15, 0.2) is 41.4 Å². The third-order valence-corrected chi connectivity index (χ3v) is 10.5. The monoisotopic (exact) mass is 556 g/mol. The fourth-order valence-electron chi connectivity index (χ4n) is 5.22. The number of piperidine rings is 1. The number of thioether (sulfide) groups is 1. The lowest BCUT2D eigenvalue weighted by Crippen LogP contribution is -2.53. The smallest absolute Gasteiger partial charge is 0.281 e. The largest absolute Gasteiger partial charge is 0.370 e. The predicted molar refractivity (Wildman–Crippen MR) is 151 cm³/mol. The van der Waals surface area contributed by atoms with Crippen molar-refractivity contribution >= 4 is 33.6 Å². The molecule has 2 aliphatic heterocycles. The number of carbonyl (C=O) groups is 1. The summed E-state index contributed by atoms with van der Waals surface area (Å²) >= 11 is 1.68. The number of rotatable bonds is 7. The number of benzene rings is 1. The molecule has 38 heavy (non-hydrogen) atoms. The second kappa shape index (κ2) is 11.6. The van der Waals surface area contributed by atoms with E-state index in [2.05, 4.69) is 22.9 Å². The van der Waals surface area contributed by atoms with E-state index in [0.717, 1.165) is 27.6 Å². The number of nitriles is 1. The summed E-state index contributed by atoms with van der Waals surface area (Å²) in [4.78, 5) is 23.4. The van der Waals surface area contributed by atoms with Crippen LogP contribution in [0.3, 0.4) is 0 Å². The lowest BCUT2D eigenvalue weighted by Gasteiger charge is -2.41. The topological polar surface area (TPSA) is 101 Å². The maximum absolute atomic E-state index is 13.8. The minimum absolute atomic E-state index is 0.132. The highest BCUT2D eigenvalue weighted by Gasteiger charge is 2.39. The van der Waals surface area contributed by atoms with Crippen molar-refractivity contribution in [2.75, 3.05) is 64.0 Å². The summed E-state index contributed by atoms with van der Waals surface area (Å²) in [6.45, 7) is 6.50. The van der Waals surface area contributed by atoms with E-state index < -0.39 is 15.6 Å². The summed E-state index contributed by atoms with van der Waals surface area (Å²) in [5, 5.41) is 10.2. The first-order valence-electron chi connectivity index (χ1n) is 13.0. The fraction of sp³-hybridized carbons (Fsp3) is 0.519. The Morgan fingerprint density at radius 3 is 2.29 bits per heavy atom. The van der Waals surface area contributed by atoms with Crippen molar-refractivity contribution < 1.29 is 13.2 Å². The number of piperazine rings is 1. The van der Waals surface area contributed by atoms with E-state index in [-0.39, 0.29) is 19.0 Å². The zero-order chi connectivity index (χ0) is 27.5. The Morgan fingerprint density at radius 1 is 1.11 bits per heavy atom. The Morgan fingerprint density at radius 2 is 1.74 bits per heavy atom. The second-order valence-electron chi connectivity index (χ2n) is 9.90. The van der Waals surface area contributed by atoms with Crippen molar-refractivity contribution in [3.05, 3.63) is 53.3 Å². The molecule has 2 saturated heterocycles. The molecule has 3 heterocycles. The van der Waals surface area contributed by atoms with Gasteiger partial charge >= 0.3 is 0 Å². The number of hydrogen-bond acceptors (Lipinski definition) is 7. The standard InChI is InChI=1S/C27H36N6O3S2/c1-5-37-25-21(2)29-19-23(26(34)32-15-17-33(18-16-32)38(35,36)30(3)4)24(25)31-13-11-27(20-28,12-14-31)22-9-7-6-8-10-22/h6-10,19H,5,11-18H2,1-4H3. The molecule has 1 aromatic heterocycles. The molecule has 0 aliphatic carbocycles. The van der Waals surface area contributed by atoms with Crippen molar-refractivity contribution in [1.29, 1.82) is 5.26 Å². The van der Waals surface area contributed by atoms with Crippen LogP contribution in [0.2, 0.25) is 0 Å². The van der Waals surface area contributed by atoms with E-state index >= 15 is 0 Å². The molecule has 9 nitrogen and oxygen atoms in total. The van der Waals surface area contributed by atoms with E-state index in [0.29, 0.717) is 44.6 Å². The predicted octanol–water partition coefficient (Wildman–Crippen LogP) is 3.13. The Labute approximate surface area is 230 Å². The fourth-order valence-corrected chi connectivity index (χ4v) is 7.23. The van der Waals surface area contributed by atoms with Crippen LogP contribution in [0, 0.1) is 18.3 Å². The van der Waals surface area contributed by atoms with Crippen LogP contribution in [-0.4, -0.2) is 91.9 Å². The number of hydrogen-bond donors (Lipinski definition) is 0. The Hall–Kier alpha value is -2.65. The molecule has 2 aromatic rings. The van der Waals surface area contributed by atoms with Crippen LogP contribution in [0.4, 0.5) is 5.69 Å². The molecule has 1 amide bonds. The van der Waals surface area contributed by atoms with Crippen LogP contribution < -0.4 is 4.90 Å². The maximum atomic E-state index is 13.8. The zero-order valence-electron chi connectivity index (χ0n) is 22.6. The first-order valence-corrected chi connectivity index (χ1v) is 15.3. The quantitative estimate of drug-likeness (QED) is 0.483. The number of aromatic nitrogens is 1. The molecular weight excluding hydrogens is 520 g/mol. The zero-order valence-corrected chi connectivity index (χ0v) is 24.2. The van der Waals surface area contributed by atoms with Crippen molar-refractivity contribution in [1.82, 2.24) is 18.5 Å². The second-order valence-corrected chi connectivity index (χ2v) is 13.3. The van der Waals surface area contributed by atoms with Gasteiger partial charge in [0.05, 0.1) is 33.3 Å². The first-order chi connectivity index (χ1) is 18.1. The summed E-state index contributed by atoms with van der Waals surface area (Å²) in [6, 6.07) is 12.6. The van der Waals surface area contributed by atoms with Gasteiger partial charge in [-0.1, -0.05) is 37.3 Å². The van der Waals surface area contributed by atoms with Gasteiger partial charge in [-0.3, -0.25) is 9.78 Å². The third-order valence-electron chi connectivity index (χ3n) is 7.49. The molecule has 0 N–H and O–H groups in total. The van der Waals surface area contributed by atoms with Gasteiger partial charge in [0.25, 0.3) is 16.1 Å². The molecule has 4 rings (SSSR count). The van der Waals surface area contributed by atoms with Crippen LogP contribution in [0.1, 0.15) is 41.4 Å². The minimum Gasteiger partial charge on any atom is -0.370 e. The van der Waals surface area contributed by atoms with Crippen molar-refractivity contribution in [3.63, 3.8) is 0 Å². The molecule has 11 heteroatoms. The van der Waals surface area contributed by atoms with E-state index in [1.165, 1.54) is 22.7 Å². The number of carbonyl (C=O) groups excluding carboxylic acids is 1. The lowest BCUT2D eigenvalue weighted by molar-refractivity contribution is 0.0695. The summed E-state index contributed by atoms with van der Waals surface area (Å²) in [7, 11) is -0.486. The van der Waals surface area contributed by atoms with Gasteiger partial charge in [0.2, 0.25) is 0 Å². The Kier molecular flexibility index (Phi) is 8.67. The molecule has 2 fully saturated rings. The molecule has 1 aromatic carbocycles. The molecule has 204 valence electrons. The van der Waals surface area contributed by atoms with Gasteiger partial charge in [0.1, 0.15) is 0 Å². The highest BCUT2D eigenvalue weighted by Crippen LogP contribution is 2.41. The molecular formula is C27H36N6O3S2. The van der Waals surface area contributed by atoms with Crippen molar-refractivity contribution in [2.45, 2.75) is 37.0 Å². The van der Waals surface area contributed by atoms with Crippen LogP contribution in [-0.2, 0) is 15.6 Å². The normalized spacial score (nSPS) is 18.4. The number of nitrogens with zero attached hydrogens (tertiary/aromatic N) is 6. The number of amides is 1. The van der Waals surface area contributed by atoms with Crippen LogP contribution in [0.5, 0.6) is 0 Å². The van der Waals surface area contributed by atoms with E-state index in [4.69, 9.17) is 0 Å². The summed E-state index contributed by atoms with van der Waals surface area (Å²) in [5.41, 5.74) is 2.80. The van der Waals surface area contributed by atoms with Gasteiger partial charge in [-0.05, 0) is 31.1 Å². The van der Waals surface area contributed by atoms with Crippen LogP contribution in [0.25, 0.3) is 0 Å². The average molecular weight is 557 g/mol.